The summed E-state index contributed by atoms with van der Waals surface area (Å²) in [4.78, 5) is 12.7. The van der Waals surface area contributed by atoms with Crippen molar-refractivity contribution in [1.29, 1.82) is 0 Å². The Kier molecular flexibility index (Phi) is 4.18. The second-order valence-corrected chi connectivity index (χ2v) is 6.78. The monoisotopic (exact) mass is 298 g/mol. The van der Waals surface area contributed by atoms with Gasteiger partial charge in [0.2, 0.25) is 0 Å². The van der Waals surface area contributed by atoms with E-state index in [2.05, 4.69) is 20.8 Å². The molecule has 1 aromatic rings. The lowest BCUT2D eigenvalue weighted by Crippen LogP contribution is -2.39. The average molecular weight is 298 g/mol. The highest BCUT2D eigenvalue weighted by atomic mass is 19.4. The van der Waals surface area contributed by atoms with E-state index in [0.29, 0.717) is 5.56 Å². The predicted octanol–water partition coefficient (Wildman–Crippen LogP) is 5.35. The fourth-order valence-electron chi connectivity index (χ4n) is 3.59. The SMILES string of the molecule is C[C@H]1CCCC(C)(C)[C@H]1C(=O)c1ccc(C(F)(F)F)cc1. The van der Waals surface area contributed by atoms with Gasteiger partial charge in [-0.05, 0) is 36.3 Å². The van der Waals surface area contributed by atoms with Gasteiger partial charge in [0.1, 0.15) is 0 Å². The van der Waals surface area contributed by atoms with Crippen LogP contribution >= 0.6 is 0 Å². The Hall–Kier alpha value is -1.32. The normalized spacial score (nSPS) is 25.6. The Labute approximate surface area is 123 Å². The average Bonchev–Trinajstić information content (AvgIpc) is 2.36. The molecule has 0 spiro atoms. The first-order valence-corrected chi connectivity index (χ1v) is 7.34. The Morgan fingerprint density at radius 2 is 1.76 bits per heavy atom. The summed E-state index contributed by atoms with van der Waals surface area (Å²) in [6.45, 7) is 6.22. The van der Waals surface area contributed by atoms with Crippen molar-refractivity contribution in [2.24, 2.45) is 17.3 Å². The van der Waals surface area contributed by atoms with Gasteiger partial charge in [-0.3, -0.25) is 4.79 Å². The van der Waals surface area contributed by atoms with Crippen LogP contribution in [0, 0.1) is 17.3 Å². The Bertz CT molecular complexity index is 514. The molecule has 0 N–H and O–H groups in total. The number of ketones is 1. The van der Waals surface area contributed by atoms with Crippen molar-refractivity contribution in [3.05, 3.63) is 35.4 Å². The van der Waals surface area contributed by atoms with Gasteiger partial charge in [-0.25, -0.2) is 0 Å². The molecule has 1 nitrogen and oxygen atoms in total. The van der Waals surface area contributed by atoms with Crippen LogP contribution in [-0.4, -0.2) is 5.78 Å². The summed E-state index contributed by atoms with van der Waals surface area (Å²) in [7, 11) is 0. The van der Waals surface area contributed by atoms with E-state index in [-0.39, 0.29) is 23.0 Å². The number of hydrogen-bond acceptors (Lipinski definition) is 1. The molecule has 4 heteroatoms. The van der Waals surface area contributed by atoms with Crippen LogP contribution in [0.1, 0.15) is 56.0 Å². The summed E-state index contributed by atoms with van der Waals surface area (Å²) < 4.78 is 37.7. The van der Waals surface area contributed by atoms with Crippen LogP contribution in [0.4, 0.5) is 13.2 Å². The molecule has 0 aliphatic heterocycles. The van der Waals surface area contributed by atoms with E-state index in [1.54, 1.807) is 0 Å². The van der Waals surface area contributed by atoms with Crippen molar-refractivity contribution in [2.45, 2.75) is 46.2 Å². The second kappa shape index (κ2) is 5.47. The second-order valence-electron chi connectivity index (χ2n) is 6.78. The first kappa shape index (κ1) is 16.1. The molecule has 0 amide bonds. The molecule has 116 valence electrons. The van der Waals surface area contributed by atoms with Crippen molar-refractivity contribution in [2.75, 3.05) is 0 Å². The van der Waals surface area contributed by atoms with Crippen LogP contribution in [0.5, 0.6) is 0 Å². The fraction of sp³-hybridized carbons (Fsp3) is 0.588. The van der Waals surface area contributed by atoms with Crippen molar-refractivity contribution in [3.8, 4) is 0 Å². The van der Waals surface area contributed by atoms with Crippen LogP contribution in [-0.2, 0) is 6.18 Å². The molecule has 0 unspecified atom stereocenters. The number of rotatable bonds is 2. The highest BCUT2D eigenvalue weighted by Crippen LogP contribution is 2.45. The summed E-state index contributed by atoms with van der Waals surface area (Å²) >= 11 is 0. The van der Waals surface area contributed by atoms with Gasteiger partial charge in [-0.2, -0.15) is 13.2 Å². The third kappa shape index (κ3) is 3.30. The smallest absolute Gasteiger partial charge is 0.294 e. The summed E-state index contributed by atoms with van der Waals surface area (Å²) in [6.07, 6.45) is -1.28. The largest absolute Gasteiger partial charge is 0.416 e. The van der Waals surface area contributed by atoms with E-state index in [1.165, 1.54) is 12.1 Å². The number of Topliss-reactive ketones (excluding diaryl/α,β-unsaturated/α-hetero) is 1. The van der Waals surface area contributed by atoms with Crippen LogP contribution in [0.25, 0.3) is 0 Å². The van der Waals surface area contributed by atoms with Gasteiger partial charge >= 0.3 is 6.18 Å². The van der Waals surface area contributed by atoms with Gasteiger partial charge in [0, 0.05) is 11.5 Å². The lowest BCUT2D eigenvalue weighted by Gasteiger charge is -2.42. The maximum Gasteiger partial charge on any atom is 0.416 e. The summed E-state index contributed by atoms with van der Waals surface area (Å²) in [5.41, 5.74) is -0.429. The lowest BCUT2D eigenvalue weighted by molar-refractivity contribution is -0.137. The number of benzene rings is 1. The molecule has 0 saturated heterocycles. The van der Waals surface area contributed by atoms with E-state index < -0.39 is 11.7 Å². The van der Waals surface area contributed by atoms with Crippen molar-refractivity contribution in [3.63, 3.8) is 0 Å². The van der Waals surface area contributed by atoms with Crippen molar-refractivity contribution >= 4 is 5.78 Å². The first-order chi connectivity index (χ1) is 9.63. The third-order valence-electron chi connectivity index (χ3n) is 4.67. The minimum Gasteiger partial charge on any atom is -0.294 e. The molecule has 2 rings (SSSR count). The Morgan fingerprint density at radius 1 is 1.19 bits per heavy atom. The molecule has 2 atom stereocenters. The number of carbonyl (C=O) groups excluding carboxylic acids is 1. The van der Waals surface area contributed by atoms with Gasteiger partial charge in [-0.1, -0.05) is 39.3 Å². The zero-order valence-corrected chi connectivity index (χ0v) is 12.6. The number of carbonyl (C=O) groups is 1. The van der Waals surface area contributed by atoms with E-state index >= 15 is 0 Å². The zero-order chi connectivity index (χ0) is 15.8. The van der Waals surface area contributed by atoms with Gasteiger partial charge in [0.15, 0.2) is 5.78 Å². The van der Waals surface area contributed by atoms with Gasteiger partial charge in [0.05, 0.1) is 5.56 Å². The molecule has 21 heavy (non-hydrogen) atoms. The molecule has 1 aliphatic carbocycles. The quantitative estimate of drug-likeness (QED) is 0.673. The predicted molar refractivity (Wildman–Crippen MR) is 76.1 cm³/mol. The van der Waals surface area contributed by atoms with Crippen LogP contribution in [0.3, 0.4) is 0 Å². The van der Waals surface area contributed by atoms with Crippen LogP contribution < -0.4 is 0 Å². The minimum atomic E-state index is -4.36. The highest BCUT2D eigenvalue weighted by molar-refractivity contribution is 5.98. The van der Waals surface area contributed by atoms with E-state index in [0.717, 1.165) is 31.4 Å². The van der Waals surface area contributed by atoms with Crippen molar-refractivity contribution < 1.29 is 18.0 Å². The van der Waals surface area contributed by atoms with E-state index in [1.807, 2.05) is 0 Å². The third-order valence-corrected chi connectivity index (χ3v) is 4.67. The molecular weight excluding hydrogens is 277 g/mol. The lowest BCUT2D eigenvalue weighted by atomic mass is 9.62. The maximum absolute atomic E-state index is 12.7. The molecule has 1 aliphatic rings. The molecule has 1 fully saturated rings. The summed E-state index contributed by atoms with van der Waals surface area (Å²) in [6, 6.07) is 4.60. The molecular formula is C17H21F3O. The molecule has 1 saturated carbocycles. The number of alkyl halides is 3. The topological polar surface area (TPSA) is 17.1 Å². The Morgan fingerprint density at radius 3 is 2.24 bits per heavy atom. The molecule has 0 aromatic heterocycles. The number of halogens is 3. The maximum atomic E-state index is 12.7. The summed E-state index contributed by atoms with van der Waals surface area (Å²) in [5.74, 6) is 0.118. The molecule has 0 bridgehead atoms. The van der Waals surface area contributed by atoms with Crippen LogP contribution in [0.15, 0.2) is 24.3 Å². The fourth-order valence-corrected chi connectivity index (χ4v) is 3.59. The van der Waals surface area contributed by atoms with E-state index in [4.69, 9.17) is 0 Å². The van der Waals surface area contributed by atoms with Gasteiger partial charge in [0.25, 0.3) is 0 Å². The highest BCUT2D eigenvalue weighted by Gasteiger charge is 2.41. The molecule has 1 aromatic carbocycles. The van der Waals surface area contributed by atoms with Crippen LogP contribution in [0.2, 0.25) is 0 Å². The number of hydrogen-bond donors (Lipinski definition) is 0. The first-order valence-electron chi connectivity index (χ1n) is 7.34. The minimum absolute atomic E-state index is 0.0269. The summed E-state index contributed by atoms with van der Waals surface area (Å²) in [5, 5.41) is 0. The van der Waals surface area contributed by atoms with Crippen molar-refractivity contribution in [1.82, 2.24) is 0 Å². The van der Waals surface area contributed by atoms with Gasteiger partial charge in [-0.15, -0.1) is 0 Å². The van der Waals surface area contributed by atoms with Gasteiger partial charge < -0.3 is 0 Å². The molecule has 0 radical (unpaired) electrons. The van der Waals surface area contributed by atoms with E-state index in [9.17, 15) is 18.0 Å². The standard InChI is InChI=1S/C17H21F3O/c1-11-5-4-10-16(2,3)14(11)15(21)12-6-8-13(9-7-12)17(18,19)20/h6-9,11,14H,4-5,10H2,1-3H3/t11-,14+/m0/s1. The zero-order valence-electron chi connectivity index (χ0n) is 12.6. The molecule has 0 heterocycles. The Balaban J connectivity index is 2.27.